The molecule has 0 aromatic rings. The smallest absolute Gasteiger partial charge is 0.456 e. The summed E-state index contributed by atoms with van der Waals surface area (Å²) >= 11 is 0. The van der Waals surface area contributed by atoms with Gasteiger partial charge >= 0.3 is 18.6 Å². The Kier molecular flexibility index (Phi) is 5.74. The Balaban J connectivity index is 3.78. The van der Waals surface area contributed by atoms with E-state index in [1.165, 1.54) is 20.8 Å². The van der Waals surface area contributed by atoms with Gasteiger partial charge in [-0.05, 0) is 54.0 Å². The molecule has 1 fully saturated rings. The van der Waals surface area contributed by atoms with Crippen molar-refractivity contribution in [2.75, 3.05) is 14.1 Å². The molecule has 0 aromatic heterocycles. The zero-order chi connectivity index (χ0) is 20.4. The second-order valence-electron chi connectivity index (χ2n) is 8.69. The molecule has 0 aliphatic carbocycles. The summed E-state index contributed by atoms with van der Waals surface area (Å²) in [6.45, 7) is 11.5. The predicted molar refractivity (Wildman–Crippen MR) is 90.6 cm³/mol. The maximum atomic E-state index is 14.0. The molecule has 25 heavy (non-hydrogen) atoms. The molecule has 0 bridgehead atoms. The molecule has 0 N–H and O–H groups in total. The monoisotopic (exact) mass is 395 g/mol. The molecule has 1 heterocycles. The molecule has 0 aromatic carbocycles. The van der Waals surface area contributed by atoms with E-state index in [2.05, 4.69) is 0 Å². The van der Waals surface area contributed by atoms with Crippen molar-refractivity contribution in [2.45, 2.75) is 78.2 Å². The van der Waals surface area contributed by atoms with E-state index in [1.807, 2.05) is 0 Å². The standard InChI is InChI=1S/C14H29BF6N3P/c1-10(2)22(11(3)4)25-23(12(5,6)7)15(13(16,17)18,14(19,20)21)24(25,8)9/h10-11H,1-9H3. The van der Waals surface area contributed by atoms with Crippen molar-refractivity contribution in [3.63, 3.8) is 0 Å². The maximum Gasteiger partial charge on any atom is 0.497 e. The molecule has 11 heteroatoms. The summed E-state index contributed by atoms with van der Waals surface area (Å²) in [7, 11) is 0.293. The summed E-state index contributed by atoms with van der Waals surface area (Å²) in [5, 5.41) is 0. The zero-order valence-corrected chi connectivity index (χ0v) is 17.2. The van der Waals surface area contributed by atoms with Crippen LogP contribution in [0.4, 0.5) is 26.3 Å². The van der Waals surface area contributed by atoms with Crippen LogP contribution in [0.1, 0.15) is 48.5 Å². The number of quaternary nitrogens is 1. The summed E-state index contributed by atoms with van der Waals surface area (Å²) in [5.41, 5.74) is -1.29. The van der Waals surface area contributed by atoms with Gasteiger partial charge in [0, 0.05) is 26.2 Å². The molecule has 0 spiro atoms. The average Bonchev–Trinajstić information content (AvgIpc) is 2.26. The normalized spacial score (nSPS) is 25.0. The number of nitrogens with zero attached hydrogens (tertiary/aromatic N) is 3. The van der Waals surface area contributed by atoms with Gasteiger partial charge in [0.2, 0.25) is 0 Å². The van der Waals surface area contributed by atoms with Crippen molar-refractivity contribution in [2.24, 2.45) is 0 Å². The van der Waals surface area contributed by atoms with Crippen LogP contribution in [0.2, 0.25) is 0 Å². The van der Waals surface area contributed by atoms with Gasteiger partial charge in [-0.3, -0.25) is 0 Å². The van der Waals surface area contributed by atoms with Crippen LogP contribution in [0.5, 0.6) is 0 Å². The molecular formula is C14H29BF6N3P. The van der Waals surface area contributed by atoms with Crippen molar-refractivity contribution >= 4 is 14.8 Å². The van der Waals surface area contributed by atoms with E-state index in [9.17, 15) is 26.3 Å². The molecule has 1 rings (SSSR count). The Hall–Kier alpha value is -0.0451. The van der Waals surface area contributed by atoms with E-state index >= 15 is 0 Å². The minimum absolute atomic E-state index is 0.177. The Morgan fingerprint density at radius 1 is 0.840 bits per heavy atom. The van der Waals surface area contributed by atoms with Gasteiger partial charge in [0.15, 0.2) is 8.37 Å². The summed E-state index contributed by atoms with van der Waals surface area (Å²) in [6, 6.07) is -0.354. The second kappa shape index (κ2) is 6.25. The number of halogens is 6. The largest absolute Gasteiger partial charge is 0.497 e. The lowest BCUT2D eigenvalue weighted by Gasteiger charge is -2.78. The van der Waals surface area contributed by atoms with E-state index in [0.717, 1.165) is 18.7 Å². The lowest BCUT2D eigenvalue weighted by atomic mass is 9.41. The first-order valence-corrected chi connectivity index (χ1v) is 9.47. The van der Waals surface area contributed by atoms with Crippen LogP contribution in [-0.2, 0) is 0 Å². The SMILES string of the molecule is CC(C)N(C(C)C)P1N(C(C)(C)C)[B-](C(F)(F)F)(C(F)(F)F)[N+]1(C)C. The highest BCUT2D eigenvalue weighted by molar-refractivity contribution is 7.55. The summed E-state index contributed by atoms with van der Waals surface area (Å²) in [5.74, 6) is 0. The van der Waals surface area contributed by atoms with Crippen LogP contribution in [0.3, 0.4) is 0 Å². The van der Waals surface area contributed by atoms with Crippen molar-refractivity contribution in [1.82, 2.24) is 9.25 Å². The highest BCUT2D eigenvalue weighted by Gasteiger charge is 2.90. The van der Waals surface area contributed by atoms with Gasteiger partial charge < -0.3 is 8.75 Å². The molecule has 0 saturated carbocycles. The third-order valence-electron chi connectivity index (χ3n) is 4.79. The van der Waals surface area contributed by atoms with Gasteiger partial charge in [-0.2, -0.15) is 0 Å². The molecule has 1 atom stereocenters. The van der Waals surface area contributed by atoms with Gasteiger partial charge in [0.25, 0.3) is 0 Å². The minimum Gasteiger partial charge on any atom is -0.456 e. The lowest BCUT2D eigenvalue weighted by molar-refractivity contribution is -0.705. The van der Waals surface area contributed by atoms with Crippen LogP contribution >= 0.6 is 8.37 Å². The van der Waals surface area contributed by atoms with E-state index < -0.39 is 36.6 Å². The van der Waals surface area contributed by atoms with E-state index in [0.29, 0.717) is 0 Å². The third-order valence-corrected chi connectivity index (χ3v) is 8.70. The summed E-state index contributed by atoms with van der Waals surface area (Å²) in [4.78, 5) is 0. The molecule has 150 valence electrons. The van der Waals surface area contributed by atoms with Crippen LogP contribution in [-0.4, -0.2) is 63.7 Å². The zero-order valence-electron chi connectivity index (χ0n) is 16.3. The van der Waals surface area contributed by atoms with Crippen LogP contribution < -0.4 is 0 Å². The van der Waals surface area contributed by atoms with Gasteiger partial charge in [0.1, 0.15) is 0 Å². The predicted octanol–water partition coefficient (Wildman–Crippen LogP) is 5.17. The molecule has 0 radical (unpaired) electrons. The van der Waals surface area contributed by atoms with Gasteiger partial charge in [-0.1, -0.05) is 0 Å². The summed E-state index contributed by atoms with van der Waals surface area (Å²) < 4.78 is 85.5. The maximum absolute atomic E-state index is 14.0. The molecule has 1 unspecified atom stereocenters. The highest BCUT2D eigenvalue weighted by Crippen LogP contribution is 2.76. The molecule has 1 aliphatic rings. The summed E-state index contributed by atoms with van der Waals surface area (Å²) in [6.07, 6.45) is -15.6. The average molecular weight is 395 g/mol. The first kappa shape index (κ1) is 23.0. The Morgan fingerprint density at radius 2 is 1.16 bits per heavy atom. The quantitative estimate of drug-likeness (QED) is 0.370. The van der Waals surface area contributed by atoms with Crippen LogP contribution in [0.25, 0.3) is 0 Å². The first-order valence-electron chi connectivity index (χ1n) is 8.27. The first-order chi connectivity index (χ1) is 10.8. The van der Waals surface area contributed by atoms with E-state index in [-0.39, 0.29) is 12.1 Å². The van der Waals surface area contributed by atoms with Gasteiger partial charge in [0.05, 0.1) is 0 Å². The van der Waals surface area contributed by atoms with Crippen molar-refractivity contribution in [3.05, 3.63) is 0 Å². The fraction of sp³-hybridized carbons (Fsp3) is 1.00. The van der Waals surface area contributed by atoms with Crippen molar-refractivity contribution < 1.29 is 30.5 Å². The van der Waals surface area contributed by atoms with Crippen molar-refractivity contribution in [1.29, 1.82) is 0 Å². The second-order valence-corrected chi connectivity index (χ2v) is 11.2. The van der Waals surface area contributed by atoms with Gasteiger partial charge in [-0.15, -0.1) is 0 Å². The fourth-order valence-electron chi connectivity index (χ4n) is 4.16. The number of hydrogen-bond donors (Lipinski definition) is 0. The fourth-order valence-corrected chi connectivity index (χ4v) is 8.11. The minimum atomic E-state index is -5.40. The molecule has 1 aliphatic heterocycles. The number of rotatable bonds is 3. The van der Waals surface area contributed by atoms with E-state index in [1.54, 1.807) is 32.4 Å². The number of hydrogen-bond acceptors (Lipinski definition) is 2. The third kappa shape index (κ3) is 3.11. The Labute approximate surface area is 147 Å². The van der Waals surface area contributed by atoms with Crippen LogP contribution in [0.15, 0.2) is 0 Å². The topological polar surface area (TPSA) is 6.48 Å². The molecule has 3 nitrogen and oxygen atoms in total. The highest BCUT2D eigenvalue weighted by atomic mass is 31.2. The Bertz CT molecular complexity index is 476. The van der Waals surface area contributed by atoms with Crippen molar-refractivity contribution in [3.8, 4) is 0 Å². The van der Waals surface area contributed by atoms with Crippen LogP contribution in [0, 0.1) is 0 Å². The number of alkyl halides is 6. The Morgan fingerprint density at radius 3 is 1.36 bits per heavy atom. The van der Waals surface area contributed by atoms with E-state index in [4.69, 9.17) is 0 Å². The van der Waals surface area contributed by atoms with Gasteiger partial charge in [-0.25, -0.2) is 31.0 Å². The molecule has 0 amide bonds. The molecular weight excluding hydrogens is 366 g/mol. The lowest BCUT2D eigenvalue weighted by Crippen LogP contribution is -2.95. The molecule has 1 saturated heterocycles.